The number of halogens is 1. The molecule has 0 fully saturated rings. The number of hydrogen-bond donors (Lipinski definition) is 2. The Bertz CT molecular complexity index is 697. The van der Waals surface area contributed by atoms with Gasteiger partial charge in [-0.2, -0.15) is 4.98 Å². The van der Waals surface area contributed by atoms with Gasteiger partial charge in [-0.05, 0) is 62.3 Å². The van der Waals surface area contributed by atoms with E-state index in [0.29, 0.717) is 5.95 Å². The zero-order valence-corrected chi connectivity index (χ0v) is 14.5. The van der Waals surface area contributed by atoms with Crippen LogP contribution in [0.1, 0.15) is 37.7 Å². The van der Waals surface area contributed by atoms with Crippen LogP contribution in [-0.4, -0.2) is 23.1 Å². The number of hydrogen-bond acceptors (Lipinski definition) is 4. The molecule has 0 aliphatic heterocycles. The van der Waals surface area contributed by atoms with E-state index in [2.05, 4.69) is 26.7 Å². The summed E-state index contributed by atoms with van der Waals surface area (Å²) >= 11 is 0. The molecule has 2 aromatic rings. The highest BCUT2D eigenvalue weighted by atomic mass is 19.1. The van der Waals surface area contributed by atoms with E-state index < -0.39 is 0 Å². The van der Waals surface area contributed by atoms with Gasteiger partial charge in [0.05, 0.1) is 0 Å². The molecule has 0 bridgehead atoms. The molecule has 4 nitrogen and oxygen atoms in total. The van der Waals surface area contributed by atoms with Crippen molar-refractivity contribution in [3.05, 3.63) is 59.6 Å². The lowest BCUT2D eigenvalue weighted by molar-refractivity contribution is 0.627. The molecular weight excluding hydrogens is 315 g/mol. The Hall–Kier alpha value is -2.43. The van der Waals surface area contributed by atoms with Crippen LogP contribution in [0.2, 0.25) is 0 Å². The van der Waals surface area contributed by atoms with Gasteiger partial charge >= 0.3 is 0 Å². The van der Waals surface area contributed by atoms with Gasteiger partial charge in [0.25, 0.3) is 0 Å². The van der Waals surface area contributed by atoms with E-state index >= 15 is 0 Å². The fourth-order valence-corrected chi connectivity index (χ4v) is 2.99. The summed E-state index contributed by atoms with van der Waals surface area (Å²) in [4.78, 5) is 8.76. The molecule has 1 aliphatic carbocycles. The van der Waals surface area contributed by atoms with E-state index in [1.54, 1.807) is 11.8 Å². The fourth-order valence-electron chi connectivity index (χ4n) is 2.99. The smallest absolute Gasteiger partial charge is 0.224 e. The van der Waals surface area contributed by atoms with Crippen LogP contribution in [0.5, 0.6) is 0 Å². The predicted octanol–water partition coefficient (Wildman–Crippen LogP) is 4.57. The van der Waals surface area contributed by atoms with Crippen LogP contribution in [0.4, 0.5) is 16.2 Å². The molecule has 0 unspecified atom stereocenters. The van der Waals surface area contributed by atoms with Crippen molar-refractivity contribution < 1.29 is 4.39 Å². The van der Waals surface area contributed by atoms with Crippen LogP contribution >= 0.6 is 0 Å². The molecule has 1 aromatic heterocycles. The maximum Gasteiger partial charge on any atom is 0.224 e. The lowest BCUT2D eigenvalue weighted by Gasteiger charge is -2.13. The number of allylic oxidation sites excluding steroid dienone is 1. The second-order valence-electron chi connectivity index (χ2n) is 6.35. The minimum Gasteiger partial charge on any atom is -0.370 e. The second-order valence-corrected chi connectivity index (χ2v) is 6.35. The molecule has 1 aliphatic rings. The highest BCUT2D eigenvalue weighted by Gasteiger charge is 2.04. The second kappa shape index (κ2) is 9.16. The maximum atomic E-state index is 12.9. The third-order valence-electron chi connectivity index (χ3n) is 4.40. The Morgan fingerprint density at radius 1 is 0.960 bits per heavy atom. The molecule has 0 spiro atoms. The minimum atomic E-state index is -0.202. The number of nitrogens with one attached hydrogen (secondary N) is 2. The van der Waals surface area contributed by atoms with Crippen molar-refractivity contribution >= 4 is 11.8 Å². The number of aromatic nitrogens is 2. The summed E-state index contributed by atoms with van der Waals surface area (Å²) in [5.41, 5.74) is 2.65. The van der Waals surface area contributed by atoms with Crippen molar-refractivity contribution in [2.45, 2.75) is 38.5 Å². The molecule has 25 heavy (non-hydrogen) atoms. The van der Waals surface area contributed by atoms with Crippen LogP contribution in [-0.2, 0) is 6.42 Å². The molecule has 132 valence electrons. The standard InChI is InChI=1S/C20H25FN4/c21-18-8-6-17(7-9-18)10-13-22-19-12-15-24-20(25-19)23-14-11-16-4-2-1-3-5-16/h4,6-9,12,15H,1-3,5,10-11,13-14H2,(H2,22,23,24,25). The quantitative estimate of drug-likeness (QED) is 0.691. The lowest BCUT2D eigenvalue weighted by atomic mass is 9.97. The summed E-state index contributed by atoms with van der Waals surface area (Å²) in [6.45, 7) is 1.61. The molecule has 1 aromatic carbocycles. The van der Waals surface area contributed by atoms with Gasteiger partial charge in [-0.25, -0.2) is 9.37 Å². The highest BCUT2D eigenvalue weighted by molar-refractivity contribution is 5.39. The van der Waals surface area contributed by atoms with Crippen LogP contribution in [0, 0.1) is 5.82 Å². The predicted molar refractivity (Wildman–Crippen MR) is 100 cm³/mol. The zero-order chi connectivity index (χ0) is 17.3. The summed E-state index contributed by atoms with van der Waals surface area (Å²) in [5.74, 6) is 1.26. The van der Waals surface area contributed by atoms with Gasteiger partial charge in [-0.3, -0.25) is 0 Å². The van der Waals surface area contributed by atoms with E-state index in [1.165, 1.54) is 37.8 Å². The molecule has 3 rings (SSSR count). The van der Waals surface area contributed by atoms with Crippen molar-refractivity contribution in [3.63, 3.8) is 0 Å². The summed E-state index contributed by atoms with van der Waals surface area (Å²) in [6.07, 6.45) is 11.1. The molecule has 0 saturated heterocycles. The Balaban J connectivity index is 1.42. The van der Waals surface area contributed by atoms with Gasteiger partial charge < -0.3 is 10.6 Å². The topological polar surface area (TPSA) is 49.8 Å². The number of benzene rings is 1. The third-order valence-corrected chi connectivity index (χ3v) is 4.40. The molecular formula is C20H25FN4. The summed E-state index contributed by atoms with van der Waals surface area (Å²) in [6, 6.07) is 8.46. The minimum absolute atomic E-state index is 0.202. The van der Waals surface area contributed by atoms with E-state index in [0.717, 1.165) is 37.3 Å². The lowest BCUT2D eigenvalue weighted by Crippen LogP contribution is -2.10. The van der Waals surface area contributed by atoms with E-state index in [-0.39, 0.29) is 5.82 Å². The first kappa shape index (κ1) is 17.4. The van der Waals surface area contributed by atoms with Gasteiger partial charge in [-0.1, -0.05) is 23.8 Å². The van der Waals surface area contributed by atoms with Gasteiger partial charge in [0, 0.05) is 19.3 Å². The van der Waals surface area contributed by atoms with E-state index in [1.807, 2.05) is 18.2 Å². The third kappa shape index (κ3) is 5.85. The van der Waals surface area contributed by atoms with E-state index in [9.17, 15) is 4.39 Å². The van der Waals surface area contributed by atoms with Crippen LogP contribution in [0.15, 0.2) is 48.2 Å². The largest absolute Gasteiger partial charge is 0.370 e. The fraction of sp³-hybridized carbons (Fsp3) is 0.400. The van der Waals surface area contributed by atoms with Crippen molar-refractivity contribution in [3.8, 4) is 0 Å². The van der Waals surface area contributed by atoms with Gasteiger partial charge in [0.1, 0.15) is 11.6 Å². The van der Waals surface area contributed by atoms with Crippen molar-refractivity contribution in [2.24, 2.45) is 0 Å². The average Bonchev–Trinajstić information content (AvgIpc) is 2.65. The first-order chi connectivity index (χ1) is 12.3. The molecule has 2 N–H and O–H groups in total. The molecule has 0 saturated carbocycles. The first-order valence-electron chi connectivity index (χ1n) is 9.03. The van der Waals surface area contributed by atoms with Crippen molar-refractivity contribution in [1.82, 2.24) is 9.97 Å². The van der Waals surface area contributed by atoms with Crippen molar-refractivity contribution in [2.75, 3.05) is 23.7 Å². The SMILES string of the molecule is Fc1ccc(CCNc2ccnc(NCCC3=CCCCC3)n2)cc1. The van der Waals surface area contributed by atoms with Crippen LogP contribution in [0.25, 0.3) is 0 Å². The summed E-state index contributed by atoms with van der Waals surface area (Å²) in [5, 5.41) is 6.59. The van der Waals surface area contributed by atoms with Gasteiger partial charge in [-0.15, -0.1) is 0 Å². The van der Waals surface area contributed by atoms with Crippen molar-refractivity contribution in [1.29, 1.82) is 0 Å². The first-order valence-corrected chi connectivity index (χ1v) is 9.03. The Kier molecular flexibility index (Phi) is 6.37. The number of nitrogens with zero attached hydrogens (tertiary/aromatic N) is 2. The van der Waals surface area contributed by atoms with Crippen LogP contribution in [0.3, 0.4) is 0 Å². The van der Waals surface area contributed by atoms with Gasteiger partial charge in [0.2, 0.25) is 5.95 Å². The molecule has 1 heterocycles. The Morgan fingerprint density at radius 2 is 1.80 bits per heavy atom. The van der Waals surface area contributed by atoms with Gasteiger partial charge in [0.15, 0.2) is 0 Å². The number of rotatable bonds is 8. The Labute approximate surface area is 148 Å². The normalized spacial score (nSPS) is 14.0. The number of anilines is 2. The highest BCUT2D eigenvalue weighted by Crippen LogP contribution is 2.19. The molecule has 0 amide bonds. The summed E-state index contributed by atoms with van der Waals surface area (Å²) < 4.78 is 12.9. The average molecular weight is 340 g/mol. The zero-order valence-electron chi connectivity index (χ0n) is 14.5. The van der Waals surface area contributed by atoms with E-state index in [4.69, 9.17) is 0 Å². The Morgan fingerprint density at radius 3 is 2.60 bits per heavy atom. The monoisotopic (exact) mass is 340 g/mol. The van der Waals surface area contributed by atoms with Crippen LogP contribution < -0.4 is 10.6 Å². The molecule has 5 heteroatoms. The molecule has 0 atom stereocenters. The molecule has 0 radical (unpaired) electrons. The maximum absolute atomic E-state index is 12.9. The summed E-state index contributed by atoms with van der Waals surface area (Å²) in [7, 11) is 0.